The van der Waals surface area contributed by atoms with Gasteiger partial charge in [0, 0.05) is 19.1 Å². The molecule has 0 aromatic carbocycles. The van der Waals surface area contributed by atoms with E-state index in [1.807, 2.05) is 0 Å². The van der Waals surface area contributed by atoms with Crippen LogP contribution in [0, 0.1) is 0 Å². The van der Waals surface area contributed by atoms with Crippen LogP contribution in [0.1, 0.15) is 0 Å². The molecule has 0 aromatic rings. The zero-order valence-corrected chi connectivity index (χ0v) is 6.16. The van der Waals surface area contributed by atoms with E-state index in [1.54, 1.807) is 0 Å². The molecule has 0 aliphatic carbocycles. The molecule has 1 fully saturated rings. The largest absolute Gasteiger partial charge is 0.378 e. The van der Waals surface area contributed by atoms with E-state index < -0.39 is 0 Å². The molecule has 1 aliphatic rings. The molecule has 1 rings (SSSR count). The fourth-order valence-corrected chi connectivity index (χ4v) is 1.08. The van der Waals surface area contributed by atoms with Gasteiger partial charge in [-0.05, 0) is 0 Å². The SMILES string of the molecule is SNCC1COCCN1. The van der Waals surface area contributed by atoms with E-state index in [0.717, 1.165) is 26.3 Å². The van der Waals surface area contributed by atoms with Gasteiger partial charge >= 0.3 is 0 Å². The fraction of sp³-hybridized carbons (Fsp3) is 1.00. The van der Waals surface area contributed by atoms with E-state index in [0.29, 0.717) is 6.04 Å². The van der Waals surface area contributed by atoms with Crippen molar-refractivity contribution in [3.8, 4) is 0 Å². The molecule has 0 aromatic heterocycles. The van der Waals surface area contributed by atoms with Crippen molar-refractivity contribution in [1.82, 2.24) is 10.0 Å². The van der Waals surface area contributed by atoms with E-state index in [1.165, 1.54) is 0 Å². The number of rotatable bonds is 2. The monoisotopic (exact) mass is 148 g/mol. The number of hydrogen-bond acceptors (Lipinski definition) is 4. The highest BCUT2D eigenvalue weighted by Crippen LogP contribution is 1.90. The minimum Gasteiger partial charge on any atom is -0.378 e. The Labute approximate surface area is 60.7 Å². The van der Waals surface area contributed by atoms with Crippen molar-refractivity contribution in [3.63, 3.8) is 0 Å². The van der Waals surface area contributed by atoms with Crippen LogP contribution in [0.3, 0.4) is 0 Å². The summed E-state index contributed by atoms with van der Waals surface area (Å²) in [6.07, 6.45) is 0. The van der Waals surface area contributed by atoms with Gasteiger partial charge in [0.25, 0.3) is 0 Å². The lowest BCUT2D eigenvalue weighted by molar-refractivity contribution is 0.0786. The third-order valence-electron chi connectivity index (χ3n) is 1.34. The smallest absolute Gasteiger partial charge is 0.0633 e. The molecule has 2 N–H and O–H groups in total. The first-order chi connectivity index (χ1) is 4.43. The first kappa shape index (κ1) is 7.34. The van der Waals surface area contributed by atoms with Crippen LogP contribution in [-0.4, -0.2) is 32.3 Å². The number of nitrogens with one attached hydrogen (secondary N) is 2. The van der Waals surface area contributed by atoms with E-state index in [-0.39, 0.29) is 0 Å². The van der Waals surface area contributed by atoms with Crippen LogP contribution in [0.15, 0.2) is 0 Å². The average Bonchev–Trinajstić information content (AvgIpc) is 1.91. The zero-order valence-electron chi connectivity index (χ0n) is 5.26. The van der Waals surface area contributed by atoms with Crippen LogP contribution < -0.4 is 10.0 Å². The van der Waals surface area contributed by atoms with Crippen LogP contribution in [0.25, 0.3) is 0 Å². The van der Waals surface area contributed by atoms with Crippen molar-refractivity contribution >= 4 is 12.8 Å². The van der Waals surface area contributed by atoms with Gasteiger partial charge in [0.1, 0.15) is 0 Å². The van der Waals surface area contributed by atoms with Crippen LogP contribution in [0.5, 0.6) is 0 Å². The Morgan fingerprint density at radius 2 is 2.67 bits per heavy atom. The minimum absolute atomic E-state index is 0.441. The fourth-order valence-electron chi connectivity index (χ4n) is 0.861. The number of hydrogen-bond donors (Lipinski definition) is 3. The van der Waals surface area contributed by atoms with Crippen molar-refractivity contribution in [3.05, 3.63) is 0 Å². The molecule has 54 valence electrons. The maximum atomic E-state index is 5.20. The lowest BCUT2D eigenvalue weighted by Crippen LogP contribution is -2.45. The zero-order chi connectivity index (χ0) is 6.53. The first-order valence-corrected chi connectivity index (χ1v) is 3.56. The highest BCUT2D eigenvalue weighted by atomic mass is 32.1. The molecule has 0 spiro atoms. The Morgan fingerprint density at radius 3 is 3.22 bits per heavy atom. The molecular weight excluding hydrogens is 136 g/mol. The topological polar surface area (TPSA) is 33.3 Å². The summed E-state index contributed by atoms with van der Waals surface area (Å²) in [4.78, 5) is 0. The molecule has 0 bridgehead atoms. The molecular formula is C5H12N2OS. The van der Waals surface area contributed by atoms with E-state index in [4.69, 9.17) is 4.74 Å². The summed E-state index contributed by atoms with van der Waals surface area (Å²) in [5.41, 5.74) is 0. The third-order valence-corrected chi connectivity index (χ3v) is 1.52. The van der Waals surface area contributed by atoms with Crippen molar-refractivity contribution < 1.29 is 4.74 Å². The van der Waals surface area contributed by atoms with Gasteiger partial charge in [-0.3, -0.25) is 4.72 Å². The highest BCUT2D eigenvalue weighted by Gasteiger charge is 2.10. The lowest BCUT2D eigenvalue weighted by atomic mass is 10.3. The molecule has 0 radical (unpaired) electrons. The van der Waals surface area contributed by atoms with Crippen molar-refractivity contribution in [2.45, 2.75) is 6.04 Å². The van der Waals surface area contributed by atoms with Gasteiger partial charge < -0.3 is 10.1 Å². The van der Waals surface area contributed by atoms with Crippen LogP contribution >= 0.6 is 12.8 Å². The van der Waals surface area contributed by atoms with Gasteiger partial charge in [0.2, 0.25) is 0 Å². The van der Waals surface area contributed by atoms with E-state index >= 15 is 0 Å². The maximum absolute atomic E-state index is 5.20. The van der Waals surface area contributed by atoms with Gasteiger partial charge in [-0.2, -0.15) is 0 Å². The van der Waals surface area contributed by atoms with Gasteiger partial charge in [-0.25, -0.2) is 0 Å². The maximum Gasteiger partial charge on any atom is 0.0633 e. The Balaban J connectivity index is 2.08. The van der Waals surface area contributed by atoms with Gasteiger partial charge in [0.15, 0.2) is 0 Å². The Bertz CT molecular complexity index is 72.6. The predicted octanol–water partition coefficient (Wildman–Crippen LogP) is -0.591. The molecule has 0 saturated carbocycles. The second-order valence-electron chi connectivity index (χ2n) is 2.09. The van der Waals surface area contributed by atoms with Gasteiger partial charge in [-0.1, -0.05) is 12.8 Å². The van der Waals surface area contributed by atoms with Crippen molar-refractivity contribution in [2.24, 2.45) is 0 Å². The number of morpholine rings is 1. The molecule has 1 saturated heterocycles. The summed E-state index contributed by atoms with van der Waals surface area (Å²) in [5, 5.41) is 3.28. The average molecular weight is 148 g/mol. The number of ether oxygens (including phenoxy) is 1. The molecule has 1 atom stereocenters. The normalized spacial score (nSPS) is 28.3. The lowest BCUT2D eigenvalue weighted by Gasteiger charge is -2.22. The molecule has 1 heterocycles. The highest BCUT2D eigenvalue weighted by molar-refractivity contribution is 7.78. The Kier molecular flexibility index (Phi) is 3.35. The quantitative estimate of drug-likeness (QED) is 0.458. The van der Waals surface area contributed by atoms with E-state index in [2.05, 4.69) is 22.9 Å². The summed E-state index contributed by atoms with van der Waals surface area (Å²) in [7, 11) is 0. The predicted molar refractivity (Wildman–Crippen MR) is 39.6 cm³/mol. The summed E-state index contributed by atoms with van der Waals surface area (Å²) < 4.78 is 7.99. The van der Waals surface area contributed by atoms with Crippen LogP contribution in [-0.2, 0) is 4.74 Å². The summed E-state index contributed by atoms with van der Waals surface area (Å²) in [6, 6.07) is 0.441. The van der Waals surface area contributed by atoms with E-state index in [9.17, 15) is 0 Å². The Hall–Kier alpha value is 0.230. The molecule has 4 heteroatoms. The second-order valence-corrected chi connectivity index (χ2v) is 2.40. The van der Waals surface area contributed by atoms with Gasteiger partial charge in [-0.15, -0.1) is 0 Å². The molecule has 3 nitrogen and oxygen atoms in total. The standard InChI is InChI=1S/C5H12N2OS/c9-7-3-5-4-8-2-1-6-5/h5-7,9H,1-4H2. The van der Waals surface area contributed by atoms with Crippen LogP contribution in [0.4, 0.5) is 0 Å². The first-order valence-electron chi connectivity index (χ1n) is 3.11. The Morgan fingerprint density at radius 1 is 1.78 bits per heavy atom. The second kappa shape index (κ2) is 4.11. The van der Waals surface area contributed by atoms with Crippen molar-refractivity contribution in [2.75, 3.05) is 26.3 Å². The molecule has 1 aliphatic heterocycles. The summed E-state index contributed by atoms with van der Waals surface area (Å²) in [6.45, 7) is 3.46. The van der Waals surface area contributed by atoms with Gasteiger partial charge in [0.05, 0.1) is 13.2 Å². The molecule has 9 heavy (non-hydrogen) atoms. The summed E-state index contributed by atoms with van der Waals surface area (Å²) >= 11 is 3.89. The molecule has 0 amide bonds. The third kappa shape index (κ3) is 2.53. The van der Waals surface area contributed by atoms with Crippen molar-refractivity contribution in [1.29, 1.82) is 0 Å². The molecule has 1 unspecified atom stereocenters. The summed E-state index contributed by atoms with van der Waals surface area (Å²) in [5.74, 6) is 0. The van der Waals surface area contributed by atoms with Crippen LogP contribution in [0.2, 0.25) is 0 Å². The minimum atomic E-state index is 0.441. The number of thiol groups is 1.